The summed E-state index contributed by atoms with van der Waals surface area (Å²) < 4.78 is 0.867. The van der Waals surface area contributed by atoms with Crippen LogP contribution in [0.4, 0.5) is 0 Å². The minimum atomic E-state index is 0.178. The Labute approximate surface area is 76.0 Å². The second-order valence-corrected chi connectivity index (χ2v) is 3.41. The molecule has 0 saturated heterocycles. The Hall–Kier alpha value is 0.140. The van der Waals surface area contributed by atoms with Crippen molar-refractivity contribution in [1.29, 1.82) is 0 Å². The molecule has 0 spiro atoms. The molecule has 0 rings (SSSR count). The van der Waals surface area contributed by atoms with E-state index in [1.54, 1.807) is 6.92 Å². The maximum absolute atomic E-state index is 10.7. The first-order chi connectivity index (χ1) is 4.68. The first-order valence-electron chi connectivity index (χ1n) is 3.55. The maximum atomic E-state index is 10.7. The quantitative estimate of drug-likeness (QED) is 0.427. The number of ketones is 1. The molecule has 0 radical (unpaired) electrons. The molecule has 1 nitrogen and oxygen atoms in total. The number of hydrogen-bond acceptors (Lipinski definition) is 1. The van der Waals surface area contributed by atoms with Gasteiger partial charge >= 0.3 is 0 Å². The van der Waals surface area contributed by atoms with E-state index in [1.165, 1.54) is 12.8 Å². The molecule has 0 aromatic heterocycles. The van der Waals surface area contributed by atoms with Gasteiger partial charge in [0.05, 0.1) is 3.58 Å². The topological polar surface area (TPSA) is 17.1 Å². The number of carbonyl (C=O) groups excluding carboxylic acids is 1. The molecular formula is C8H13IO. The lowest BCUT2D eigenvalue weighted by molar-refractivity contribution is -0.112. The first-order valence-corrected chi connectivity index (χ1v) is 4.63. The van der Waals surface area contributed by atoms with Crippen LogP contribution in [0.15, 0.2) is 9.66 Å². The molecule has 0 heterocycles. The average molecular weight is 252 g/mol. The highest BCUT2D eigenvalue weighted by Gasteiger charge is 1.95. The number of carbonyl (C=O) groups is 1. The van der Waals surface area contributed by atoms with Crippen LogP contribution in [-0.2, 0) is 4.79 Å². The molecule has 0 N–H and O–H groups in total. The second-order valence-electron chi connectivity index (χ2n) is 2.25. The molecule has 0 aromatic carbocycles. The number of halogens is 1. The highest BCUT2D eigenvalue weighted by Crippen LogP contribution is 2.09. The normalized spacial score (nSPS) is 11.7. The number of Topliss-reactive ketones (excluding diaryl/α,β-unsaturated/α-hetero) is 1. The van der Waals surface area contributed by atoms with Gasteiger partial charge in [0.25, 0.3) is 0 Å². The molecule has 0 unspecified atom stereocenters. The molecule has 0 aliphatic carbocycles. The van der Waals surface area contributed by atoms with Crippen molar-refractivity contribution in [2.75, 3.05) is 0 Å². The summed E-state index contributed by atoms with van der Waals surface area (Å²) in [6, 6.07) is 0. The van der Waals surface area contributed by atoms with Gasteiger partial charge in [0.2, 0.25) is 0 Å². The maximum Gasteiger partial charge on any atom is 0.165 e. The smallest absolute Gasteiger partial charge is 0.165 e. The number of unbranched alkanes of at least 4 members (excludes halogenated alkanes) is 2. The van der Waals surface area contributed by atoms with E-state index >= 15 is 0 Å². The fourth-order valence-electron chi connectivity index (χ4n) is 0.577. The highest BCUT2D eigenvalue weighted by molar-refractivity contribution is 14.1. The van der Waals surface area contributed by atoms with Crippen LogP contribution in [0.5, 0.6) is 0 Å². The molecule has 0 aliphatic heterocycles. The molecule has 2 heteroatoms. The van der Waals surface area contributed by atoms with Gasteiger partial charge in [0.1, 0.15) is 0 Å². The molecule has 10 heavy (non-hydrogen) atoms. The van der Waals surface area contributed by atoms with Crippen molar-refractivity contribution in [3.05, 3.63) is 9.66 Å². The van der Waals surface area contributed by atoms with Crippen LogP contribution < -0.4 is 0 Å². The first kappa shape index (κ1) is 10.1. The van der Waals surface area contributed by atoms with E-state index in [1.807, 2.05) is 6.08 Å². The Kier molecular flexibility index (Phi) is 5.97. The fraction of sp³-hybridized carbons (Fsp3) is 0.625. The van der Waals surface area contributed by atoms with Crippen LogP contribution >= 0.6 is 22.6 Å². The third-order valence-corrected chi connectivity index (χ3v) is 2.42. The summed E-state index contributed by atoms with van der Waals surface area (Å²) in [7, 11) is 0. The molecule has 0 fully saturated rings. The van der Waals surface area contributed by atoms with Crippen LogP contribution in [0.3, 0.4) is 0 Å². The third-order valence-electron chi connectivity index (χ3n) is 1.22. The third kappa shape index (κ3) is 4.97. The van der Waals surface area contributed by atoms with E-state index in [-0.39, 0.29) is 5.78 Å². The standard InChI is InChI=1S/C8H13IO/c1-3-4-5-6-8(9)7(2)10/h6H,3-5H2,1-2H3/b8-6-. The van der Waals surface area contributed by atoms with Crippen LogP contribution in [0, 0.1) is 0 Å². The molecular weight excluding hydrogens is 239 g/mol. The molecule has 58 valence electrons. The van der Waals surface area contributed by atoms with Gasteiger partial charge in [-0.15, -0.1) is 0 Å². The summed E-state index contributed by atoms with van der Waals surface area (Å²) in [5.41, 5.74) is 0. The van der Waals surface area contributed by atoms with E-state index in [9.17, 15) is 4.79 Å². The lowest BCUT2D eigenvalue weighted by Gasteiger charge is -1.91. The zero-order valence-electron chi connectivity index (χ0n) is 6.48. The zero-order chi connectivity index (χ0) is 7.98. The van der Waals surface area contributed by atoms with Crippen molar-refractivity contribution in [2.45, 2.75) is 33.1 Å². The molecule has 0 bridgehead atoms. The Morgan fingerprint density at radius 1 is 1.60 bits per heavy atom. The van der Waals surface area contributed by atoms with Gasteiger partial charge in [-0.1, -0.05) is 25.8 Å². The zero-order valence-corrected chi connectivity index (χ0v) is 8.64. The van der Waals surface area contributed by atoms with E-state index < -0.39 is 0 Å². The summed E-state index contributed by atoms with van der Waals surface area (Å²) in [5, 5.41) is 0. The van der Waals surface area contributed by atoms with Gasteiger partial charge in [-0.3, -0.25) is 4.79 Å². The molecule has 0 amide bonds. The lowest BCUT2D eigenvalue weighted by atomic mass is 10.2. The minimum Gasteiger partial charge on any atom is -0.294 e. The lowest BCUT2D eigenvalue weighted by Crippen LogP contribution is -1.87. The fourth-order valence-corrected chi connectivity index (χ4v) is 0.888. The van der Waals surface area contributed by atoms with Crippen LogP contribution in [0.25, 0.3) is 0 Å². The van der Waals surface area contributed by atoms with Gasteiger partial charge in [0, 0.05) is 0 Å². The van der Waals surface area contributed by atoms with Gasteiger partial charge < -0.3 is 0 Å². The van der Waals surface area contributed by atoms with Crippen molar-refractivity contribution < 1.29 is 4.79 Å². The van der Waals surface area contributed by atoms with Crippen molar-refractivity contribution in [3.63, 3.8) is 0 Å². The van der Waals surface area contributed by atoms with Gasteiger partial charge in [-0.25, -0.2) is 0 Å². The highest BCUT2D eigenvalue weighted by atomic mass is 127. The van der Waals surface area contributed by atoms with E-state index in [2.05, 4.69) is 29.5 Å². The molecule has 0 atom stereocenters. The van der Waals surface area contributed by atoms with Crippen molar-refractivity contribution >= 4 is 28.4 Å². The predicted molar refractivity (Wildman–Crippen MR) is 52.3 cm³/mol. The molecule has 0 aliphatic rings. The molecule has 0 saturated carbocycles. The van der Waals surface area contributed by atoms with Gasteiger partial charge in [-0.2, -0.15) is 0 Å². The number of hydrogen-bond donors (Lipinski definition) is 0. The summed E-state index contributed by atoms with van der Waals surface area (Å²) in [5.74, 6) is 0.178. The van der Waals surface area contributed by atoms with Gasteiger partial charge in [-0.05, 0) is 35.9 Å². The Morgan fingerprint density at radius 2 is 2.20 bits per heavy atom. The number of allylic oxidation sites excluding steroid dienone is 2. The Bertz CT molecular complexity index is 138. The second kappa shape index (κ2) is 5.89. The van der Waals surface area contributed by atoms with Crippen molar-refractivity contribution in [2.24, 2.45) is 0 Å². The predicted octanol–water partition coefficient (Wildman–Crippen LogP) is 3.08. The Morgan fingerprint density at radius 3 is 2.60 bits per heavy atom. The average Bonchev–Trinajstić information content (AvgIpc) is 1.88. The van der Waals surface area contributed by atoms with Crippen LogP contribution in [0.2, 0.25) is 0 Å². The van der Waals surface area contributed by atoms with Crippen molar-refractivity contribution in [3.8, 4) is 0 Å². The monoisotopic (exact) mass is 252 g/mol. The number of rotatable bonds is 4. The summed E-state index contributed by atoms with van der Waals surface area (Å²) in [4.78, 5) is 10.7. The van der Waals surface area contributed by atoms with Crippen molar-refractivity contribution in [1.82, 2.24) is 0 Å². The summed E-state index contributed by atoms with van der Waals surface area (Å²) >= 11 is 2.08. The van der Waals surface area contributed by atoms with Crippen LogP contribution in [-0.4, -0.2) is 5.78 Å². The Balaban J connectivity index is 3.58. The summed E-state index contributed by atoms with van der Waals surface area (Å²) in [6.07, 6.45) is 5.42. The largest absolute Gasteiger partial charge is 0.294 e. The molecule has 0 aromatic rings. The van der Waals surface area contributed by atoms with Gasteiger partial charge in [0.15, 0.2) is 5.78 Å². The van der Waals surface area contributed by atoms with E-state index in [0.29, 0.717) is 0 Å². The summed E-state index contributed by atoms with van der Waals surface area (Å²) in [6.45, 7) is 3.75. The minimum absolute atomic E-state index is 0.178. The van der Waals surface area contributed by atoms with E-state index in [4.69, 9.17) is 0 Å². The van der Waals surface area contributed by atoms with Crippen LogP contribution in [0.1, 0.15) is 33.1 Å². The SMILES string of the molecule is CCCC/C=C(\I)C(C)=O. The van der Waals surface area contributed by atoms with E-state index in [0.717, 1.165) is 10.0 Å².